The number of hydrogen-bond donors (Lipinski definition) is 1. The zero-order valence-electron chi connectivity index (χ0n) is 32.6. The maximum absolute atomic E-state index is 5.55. The minimum atomic E-state index is -0.249. The highest BCUT2D eigenvalue weighted by Crippen LogP contribution is 2.39. The largest absolute Gasteiger partial charge is 0.372 e. The van der Waals surface area contributed by atoms with Gasteiger partial charge in [-0.3, -0.25) is 4.98 Å². The quantitative estimate of drug-likeness (QED) is 0.196. The Morgan fingerprint density at radius 3 is 1.77 bits per heavy atom. The summed E-state index contributed by atoms with van der Waals surface area (Å²) in [5.41, 5.74) is 13.0. The molecule has 52 heavy (non-hydrogen) atoms. The van der Waals surface area contributed by atoms with Gasteiger partial charge >= 0.3 is 0 Å². The van der Waals surface area contributed by atoms with E-state index in [1.807, 2.05) is 0 Å². The van der Waals surface area contributed by atoms with Crippen LogP contribution in [0.2, 0.25) is 0 Å². The first-order chi connectivity index (χ1) is 24.7. The molecule has 0 aliphatic heterocycles. The molecule has 2 nitrogen and oxygen atoms in total. The molecular formula is C50H52N2. The van der Waals surface area contributed by atoms with Crippen molar-refractivity contribution in [3.05, 3.63) is 166 Å². The van der Waals surface area contributed by atoms with Gasteiger partial charge in [0.2, 0.25) is 0 Å². The second-order valence-electron chi connectivity index (χ2n) is 16.8. The Labute approximate surface area is 310 Å². The maximum Gasteiger partial charge on any atom is 0.0946 e. The van der Waals surface area contributed by atoms with Crippen LogP contribution in [0, 0.1) is 27.7 Å². The maximum atomic E-state index is 5.55. The molecule has 1 heterocycles. The highest BCUT2D eigenvalue weighted by Gasteiger charge is 2.24. The molecule has 0 radical (unpaired) electrons. The van der Waals surface area contributed by atoms with E-state index in [-0.39, 0.29) is 16.9 Å². The number of fused-ring (bicyclic) bond motifs is 5. The smallest absolute Gasteiger partial charge is 0.0946 e. The average molecular weight is 681 g/mol. The van der Waals surface area contributed by atoms with Crippen molar-refractivity contribution in [2.24, 2.45) is 0 Å². The van der Waals surface area contributed by atoms with E-state index in [0.717, 1.165) is 22.6 Å². The Balaban J connectivity index is 1.62. The van der Waals surface area contributed by atoms with E-state index in [2.05, 4.69) is 196 Å². The van der Waals surface area contributed by atoms with Gasteiger partial charge in [-0.25, -0.2) is 0 Å². The summed E-state index contributed by atoms with van der Waals surface area (Å²) in [5.74, 6) is 0. The summed E-state index contributed by atoms with van der Waals surface area (Å²) in [7, 11) is 0. The molecule has 0 aliphatic carbocycles. The molecule has 0 saturated heterocycles. The van der Waals surface area contributed by atoms with E-state index in [0.29, 0.717) is 0 Å². The number of pyridine rings is 1. The fourth-order valence-corrected chi connectivity index (χ4v) is 7.53. The highest BCUT2D eigenvalue weighted by atomic mass is 15.0. The minimum Gasteiger partial charge on any atom is -0.372 e. The van der Waals surface area contributed by atoms with Crippen molar-refractivity contribution in [3.8, 4) is 11.3 Å². The summed E-state index contributed by atoms with van der Waals surface area (Å²) in [6.45, 7) is 22.8. The number of aryl methyl sites for hydroxylation is 4. The first-order valence-corrected chi connectivity index (χ1v) is 18.7. The molecule has 0 spiro atoms. The van der Waals surface area contributed by atoms with E-state index in [1.165, 1.54) is 71.3 Å². The standard InChI is InChI=1S/C50H52N2/c1-31-16-13-17-32(2)47(31)52-48(46-23-15-22-45(51-46)42-21-14-19-35-18-11-12-20-41(35)42)44-29-38-28-39(49(5,6)7)26-36(33(38)3)24-25-37-27-40(50(8,9)10)30-43(44)34(37)4/h11-30,48,52H,1-10H3. The van der Waals surface area contributed by atoms with Crippen LogP contribution >= 0.6 is 0 Å². The molecule has 6 aromatic carbocycles. The average Bonchev–Trinajstić information content (AvgIpc) is 3.10. The highest BCUT2D eigenvalue weighted by molar-refractivity contribution is 5.96. The number of hydrogen-bond acceptors (Lipinski definition) is 2. The number of benzene rings is 5. The summed E-state index contributed by atoms with van der Waals surface area (Å²) in [5, 5.41) is 11.5. The lowest BCUT2D eigenvalue weighted by Gasteiger charge is -2.27. The predicted octanol–water partition coefficient (Wildman–Crippen LogP) is 13.8. The van der Waals surface area contributed by atoms with Crippen LogP contribution in [-0.2, 0) is 10.8 Å². The van der Waals surface area contributed by atoms with E-state index in [1.54, 1.807) is 0 Å². The van der Waals surface area contributed by atoms with E-state index >= 15 is 0 Å². The summed E-state index contributed by atoms with van der Waals surface area (Å²) in [6, 6.07) is 44.7. The van der Waals surface area contributed by atoms with Gasteiger partial charge in [0.05, 0.1) is 17.4 Å². The number of rotatable bonds is 5. The van der Waals surface area contributed by atoms with Crippen LogP contribution in [0.15, 0.2) is 121 Å². The van der Waals surface area contributed by atoms with Crippen molar-refractivity contribution >= 4 is 38.0 Å². The van der Waals surface area contributed by atoms with Gasteiger partial charge in [-0.05, 0) is 128 Å². The molecule has 1 unspecified atom stereocenters. The Hall–Kier alpha value is -5.21. The molecule has 0 aliphatic rings. The van der Waals surface area contributed by atoms with Crippen molar-refractivity contribution in [2.75, 3.05) is 5.32 Å². The predicted molar refractivity (Wildman–Crippen MR) is 226 cm³/mol. The molecule has 0 fully saturated rings. The second-order valence-corrected chi connectivity index (χ2v) is 16.8. The Kier molecular flexibility index (Phi) is 9.07. The fraction of sp³-hybridized carbons (Fsp3) is 0.260. The molecule has 7 rings (SSSR count). The molecule has 1 aromatic heterocycles. The monoisotopic (exact) mass is 680 g/mol. The topological polar surface area (TPSA) is 24.9 Å². The van der Waals surface area contributed by atoms with Gasteiger partial charge < -0.3 is 5.32 Å². The molecule has 1 N–H and O–H groups in total. The fourth-order valence-electron chi connectivity index (χ4n) is 7.53. The van der Waals surface area contributed by atoms with Crippen LogP contribution in [0.1, 0.15) is 92.2 Å². The van der Waals surface area contributed by atoms with Crippen LogP contribution in [-0.4, -0.2) is 4.98 Å². The van der Waals surface area contributed by atoms with Gasteiger partial charge in [0, 0.05) is 11.3 Å². The lowest BCUT2D eigenvalue weighted by atomic mass is 9.82. The van der Waals surface area contributed by atoms with Gasteiger partial charge in [-0.15, -0.1) is 0 Å². The van der Waals surface area contributed by atoms with Gasteiger partial charge in [0.15, 0.2) is 0 Å². The summed E-state index contributed by atoms with van der Waals surface area (Å²) in [6.07, 6.45) is 0. The summed E-state index contributed by atoms with van der Waals surface area (Å²) in [4.78, 5) is 5.55. The second kappa shape index (κ2) is 13.4. The first-order valence-electron chi connectivity index (χ1n) is 18.7. The van der Waals surface area contributed by atoms with Gasteiger partial charge in [-0.2, -0.15) is 0 Å². The Bertz CT molecular complexity index is 2480. The molecule has 1 atom stereocenters. The van der Waals surface area contributed by atoms with Crippen molar-refractivity contribution < 1.29 is 0 Å². The molecule has 0 saturated carbocycles. The first kappa shape index (κ1) is 35.2. The van der Waals surface area contributed by atoms with Crippen molar-refractivity contribution in [1.29, 1.82) is 0 Å². The Morgan fingerprint density at radius 1 is 0.500 bits per heavy atom. The van der Waals surface area contributed by atoms with Gasteiger partial charge in [-0.1, -0.05) is 145 Å². The van der Waals surface area contributed by atoms with Crippen LogP contribution in [0.25, 0.3) is 43.6 Å². The van der Waals surface area contributed by atoms with Gasteiger partial charge in [0.1, 0.15) is 0 Å². The molecule has 7 aromatic rings. The molecule has 4 bridgehead atoms. The van der Waals surface area contributed by atoms with Crippen LogP contribution < -0.4 is 5.32 Å². The van der Waals surface area contributed by atoms with Crippen molar-refractivity contribution in [3.63, 3.8) is 0 Å². The van der Waals surface area contributed by atoms with Crippen molar-refractivity contribution in [2.45, 2.75) is 86.1 Å². The molecule has 2 heteroatoms. The van der Waals surface area contributed by atoms with E-state index in [9.17, 15) is 0 Å². The number of anilines is 1. The number of nitrogens with zero attached hydrogens (tertiary/aromatic N) is 1. The molecule has 262 valence electrons. The van der Waals surface area contributed by atoms with Gasteiger partial charge in [0.25, 0.3) is 0 Å². The van der Waals surface area contributed by atoms with E-state index in [4.69, 9.17) is 4.98 Å². The zero-order valence-corrected chi connectivity index (χ0v) is 32.6. The third kappa shape index (κ3) is 6.75. The van der Waals surface area contributed by atoms with Crippen molar-refractivity contribution in [1.82, 2.24) is 4.98 Å². The van der Waals surface area contributed by atoms with Crippen LogP contribution in [0.4, 0.5) is 5.69 Å². The summed E-state index contributed by atoms with van der Waals surface area (Å²) < 4.78 is 0. The lowest BCUT2D eigenvalue weighted by Crippen LogP contribution is -2.17. The molecular weight excluding hydrogens is 629 g/mol. The number of nitrogens with one attached hydrogen (secondary N) is 1. The van der Waals surface area contributed by atoms with Crippen LogP contribution in [0.5, 0.6) is 0 Å². The third-order valence-corrected chi connectivity index (χ3v) is 10.9. The van der Waals surface area contributed by atoms with Crippen LogP contribution in [0.3, 0.4) is 0 Å². The lowest BCUT2D eigenvalue weighted by molar-refractivity contribution is 0.591. The third-order valence-electron chi connectivity index (χ3n) is 10.9. The summed E-state index contributed by atoms with van der Waals surface area (Å²) >= 11 is 0. The number of para-hydroxylation sites is 1. The normalized spacial score (nSPS) is 12.7. The van der Waals surface area contributed by atoms with E-state index < -0.39 is 0 Å². The SMILES string of the molecule is Cc1cccc(C)c1NC(c1cccc(-c2cccc3ccccc23)n1)c1cc2cc(C(C)(C)C)cc(ccc3cc(C(C)(C)C)cc1c3C)c2C. The molecule has 0 amide bonds. The Morgan fingerprint density at radius 2 is 1.08 bits per heavy atom. The zero-order chi connectivity index (χ0) is 36.9. The minimum absolute atomic E-state index is 0.00293. The number of aromatic nitrogens is 1.